The minimum Gasteiger partial charge on any atom is -0.468 e. The average Bonchev–Trinajstić information content (AvgIpc) is 2.88. The highest BCUT2D eigenvalue weighted by atomic mass is 32.2. The molecule has 1 saturated heterocycles. The van der Waals surface area contributed by atoms with Crippen molar-refractivity contribution in [2.24, 2.45) is 0 Å². The number of hydrogen-bond donors (Lipinski definition) is 1. The van der Waals surface area contributed by atoms with Crippen molar-refractivity contribution >= 4 is 28.5 Å². The maximum atomic E-state index is 12.3. The molecular formula is C16H18N2O3S. The smallest absolute Gasteiger partial charge is 0.327 e. The third kappa shape index (κ3) is 2.76. The fraction of sp³-hybridized carbons (Fsp3) is 0.375. The zero-order valence-corrected chi connectivity index (χ0v) is 13.1. The van der Waals surface area contributed by atoms with Crippen molar-refractivity contribution in [2.45, 2.75) is 17.7 Å². The van der Waals surface area contributed by atoms with Crippen LogP contribution in [-0.4, -0.2) is 41.4 Å². The van der Waals surface area contributed by atoms with Gasteiger partial charge in [0, 0.05) is 29.6 Å². The zero-order chi connectivity index (χ0) is 15.7. The van der Waals surface area contributed by atoms with Crippen LogP contribution in [0.3, 0.4) is 0 Å². The molecule has 6 heteroatoms. The number of likely N-dealkylation sites (tertiary alicyclic amines) is 1. The Morgan fingerprint density at radius 1 is 1.45 bits per heavy atom. The van der Waals surface area contributed by atoms with Crippen LogP contribution in [0.15, 0.2) is 35.9 Å². The van der Waals surface area contributed by atoms with E-state index in [-0.39, 0.29) is 16.3 Å². The summed E-state index contributed by atoms with van der Waals surface area (Å²) < 4.78 is 4.98. The fourth-order valence-electron chi connectivity index (χ4n) is 3.05. The van der Waals surface area contributed by atoms with Crippen LogP contribution >= 0.6 is 11.8 Å². The van der Waals surface area contributed by atoms with E-state index >= 15 is 0 Å². The number of benzene rings is 1. The summed E-state index contributed by atoms with van der Waals surface area (Å²) >= 11 is 1.38. The van der Waals surface area contributed by atoms with Gasteiger partial charge in [0.1, 0.15) is 6.04 Å². The average molecular weight is 318 g/mol. The van der Waals surface area contributed by atoms with Crippen molar-refractivity contribution in [3.63, 3.8) is 0 Å². The molecule has 2 atom stereocenters. The van der Waals surface area contributed by atoms with Crippen LogP contribution in [0.1, 0.15) is 18.0 Å². The molecule has 0 radical (unpaired) electrons. The van der Waals surface area contributed by atoms with Gasteiger partial charge in [-0.25, -0.2) is 4.79 Å². The number of rotatable bonds is 3. The maximum absolute atomic E-state index is 12.3. The third-order valence-corrected chi connectivity index (χ3v) is 5.29. The number of nitrogens with zero attached hydrogens (tertiary/aromatic N) is 1. The Labute approximate surface area is 133 Å². The van der Waals surface area contributed by atoms with Crippen molar-refractivity contribution in [1.82, 2.24) is 4.90 Å². The number of ether oxygens (including phenoxy) is 1. The number of thioether (sulfide) groups is 1. The molecule has 2 aliphatic heterocycles. The summed E-state index contributed by atoms with van der Waals surface area (Å²) in [7, 11) is 1.38. The molecule has 0 amide bonds. The lowest BCUT2D eigenvalue weighted by molar-refractivity contribution is -0.147. The summed E-state index contributed by atoms with van der Waals surface area (Å²) in [6, 6.07) is 6.81. The molecule has 0 bridgehead atoms. The summed E-state index contributed by atoms with van der Waals surface area (Å²) in [5, 5.41) is 0.367. The molecule has 1 aromatic carbocycles. The summed E-state index contributed by atoms with van der Waals surface area (Å²) in [6.07, 6.45) is 2.55. The molecule has 0 aromatic heterocycles. The first kappa shape index (κ1) is 15.1. The highest BCUT2D eigenvalue weighted by molar-refractivity contribution is 8.15. The van der Waals surface area contributed by atoms with Crippen LogP contribution in [-0.2, 0) is 14.3 Å². The van der Waals surface area contributed by atoms with Gasteiger partial charge in [0.15, 0.2) is 0 Å². The van der Waals surface area contributed by atoms with E-state index in [0.29, 0.717) is 12.2 Å². The van der Waals surface area contributed by atoms with Crippen LogP contribution in [0, 0.1) is 0 Å². The number of piperidine rings is 1. The molecule has 2 heterocycles. The Hall–Kier alpha value is -1.79. The molecule has 0 spiro atoms. The number of carbonyl (C=O) groups is 2. The van der Waals surface area contributed by atoms with Crippen LogP contribution in [0.5, 0.6) is 0 Å². The number of fused-ring (bicyclic) bond motifs is 1. The standard InChI is InChI=1S/C16H18N2O3S/c1-21-16(20)15(11-4-2-3-5-12(11)17)18-7-6-13-10(9-18)8-14(19)22-13/h2-5,8,13,15H,6-7,9,17H2,1H3. The van der Waals surface area contributed by atoms with Gasteiger partial charge in [-0.3, -0.25) is 9.69 Å². The number of methoxy groups -OCH3 is 1. The van der Waals surface area contributed by atoms with Crippen LogP contribution in [0.25, 0.3) is 0 Å². The van der Waals surface area contributed by atoms with Gasteiger partial charge in [0.2, 0.25) is 5.12 Å². The summed E-state index contributed by atoms with van der Waals surface area (Å²) in [5.74, 6) is -0.325. The van der Waals surface area contributed by atoms with Crippen LogP contribution in [0.2, 0.25) is 0 Å². The lowest BCUT2D eigenvalue weighted by atomic mass is 9.97. The molecule has 3 rings (SSSR count). The first-order valence-corrected chi connectivity index (χ1v) is 8.05. The Morgan fingerprint density at radius 3 is 2.95 bits per heavy atom. The van der Waals surface area contributed by atoms with Crippen molar-refractivity contribution in [3.05, 3.63) is 41.5 Å². The first-order valence-electron chi connectivity index (χ1n) is 7.17. The molecular weight excluding hydrogens is 300 g/mol. The van der Waals surface area contributed by atoms with Gasteiger partial charge >= 0.3 is 5.97 Å². The number of nitrogen functional groups attached to an aromatic ring is 1. The molecule has 2 N–H and O–H groups in total. The van der Waals surface area contributed by atoms with Gasteiger partial charge in [-0.05, 0) is 24.1 Å². The number of para-hydroxylation sites is 1. The molecule has 116 valence electrons. The Bertz CT molecular complexity index is 644. The minimum atomic E-state index is -0.534. The van der Waals surface area contributed by atoms with E-state index in [9.17, 15) is 9.59 Å². The van der Waals surface area contributed by atoms with E-state index in [4.69, 9.17) is 10.5 Å². The second kappa shape index (κ2) is 6.14. The SMILES string of the molecule is COC(=O)C(c1ccccc1N)N1CCC2SC(=O)C=C2C1. The van der Waals surface area contributed by atoms with Crippen LogP contribution < -0.4 is 5.73 Å². The van der Waals surface area contributed by atoms with Crippen molar-refractivity contribution in [3.8, 4) is 0 Å². The van der Waals surface area contributed by atoms with E-state index in [0.717, 1.165) is 24.1 Å². The van der Waals surface area contributed by atoms with Gasteiger partial charge in [-0.1, -0.05) is 30.0 Å². The number of carbonyl (C=O) groups excluding carboxylic acids is 2. The van der Waals surface area contributed by atoms with Crippen molar-refractivity contribution in [1.29, 1.82) is 0 Å². The lowest BCUT2D eigenvalue weighted by Crippen LogP contribution is -2.42. The highest BCUT2D eigenvalue weighted by Crippen LogP contribution is 2.38. The van der Waals surface area contributed by atoms with Gasteiger partial charge < -0.3 is 10.5 Å². The topological polar surface area (TPSA) is 72.6 Å². The first-order chi connectivity index (χ1) is 10.6. The van der Waals surface area contributed by atoms with Gasteiger partial charge in [-0.2, -0.15) is 0 Å². The molecule has 0 aliphatic carbocycles. The summed E-state index contributed by atoms with van der Waals surface area (Å²) in [6.45, 7) is 1.33. The number of esters is 1. The third-order valence-electron chi connectivity index (χ3n) is 4.12. The zero-order valence-electron chi connectivity index (χ0n) is 12.3. The van der Waals surface area contributed by atoms with E-state index in [1.165, 1.54) is 18.9 Å². The second-order valence-corrected chi connectivity index (χ2v) is 6.67. The molecule has 2 unspecified atom stereocenters. The van der Waals surface area contributed by atoms with Crippen molar-refractivity contribution in [2.75, 3.05) is 25.9 Å². The lowest BCUT2D eigenvalue weighted by Gasteiger charge is -2.36. The number of anilines is 1. The predicted molar refractivity (Wildman–Crippen MR) is 86.3 cm³/mol. The van der Waals surface area contributed by atoms with E-state index < -0.39 is 6.04 Å². The Balaban J connectivity index is 1.91. The quantitative estimate of drug-likeness (QED) is 0.676. The fourth-order valence-corrected chi connectivity index (χ4v) is 4.06. The Morgan fingerprint density at radius 2 is 2.23 bits per heavy atom. The summed E-state index contributed by atoms with van der Waals surface area (Å²) in [5.41, 5.74) is 8.46. The highest BCUT2D eigenvalue weighted by Gasteiger charge is 2.37. The molecule has 1 fully saturated rings. The normalized spacial score (nSPS) is 22.9. The van der Waals surface area contributed by atoms with Crippen molar-refractivity contribution < 1.29 is 14.3 Å². The monoisotopic (exact) mass is 318 g/mol. The van der Waals surface area contributed by atoms with E-state index in [1.807, 2.05) is 23.1 Å². The molecule has 5 nitrogen and oxygen atoms in total. The van der Waals surface area contributed by atoms with E-state index in [2.05, 4.69) is 0 Å². The molecule has 0 saturated carbocycles. The Kier molecular flexibility index (Phi) is 4.22. The van der Waals surface area contributed by atoms with Gasteiger partial charge in [0.05, 0.1) is 7.11 Å². The second-order valence-electron chi connectivity index (χ2n) is 5.46. The predicted octanol–water partition coefficient (Wildman–Crippen LogP) is 1.76. The molecule has 1 aromatic rings. The van der Waals surface area contributed by atoms with E-state index in [1.54, 1.807) is 12.1 Å². The minimum absolute atomic E-state index is 0.107. The number of hydrogen-bond acceptors (Lipinski definition) is 6. The summed E-state index contributed by atoms with van der Waals surface area (Å²) in [4.78, 5) is 25.9. The van der Waals surface area contributed by atoms with Gasteiger partial charge in [-0.15, -0.1) is 0 Å². The molecule has 2 aliphatic rings. The van der Waals surface area contributed by atoms with Gasteiger partial charge in [0.25, 0.3) is 0 Å². The number of nitrogens with two attached hydrogens (primary N) is 1. The largest absolute Gasteiger partial charge is 0.468 e. The molecule has 22 heavy (non-hydrogen) atoms. The maximum Gasteiger partial charge on any atom is 0.327 e. The van der Waals surface area contributed by atoms with Crippen LogP contribution in [0.4, 0.5) is 5.69 Å².